The molecule has 5 heteroatoms. The molecule has 19 heavy (non-hydrogen) atoms. The standard InChI is InChI=1S/C14H19ClN2O2/c1-3-6-17(10-4-5-10)13-11(14(18)19-2)7-9(16)8-12(13)15/h7-8,10H,3-6,16H2,1-2H3. The number of rotatable bonds is 5. The Balaban J connectivity index is 2.49. The van der Waals surface area contributed by atoms with E-state index in [0.29, 0.717) is 22.3 Å². The van der Waals surface area contributed by atoms with Crippen LogP contribution >= 0.6 is 11.6 Å². The number of hydrogen-bond acceptors (Lipinski definition) is 4. The Bertz CT molecular complexity index is 487. The number of nitrogens with zero attached hydrogens (tertiary/aromatic N) is 1. The highest BCUT2D eigenvalue weighted by Crippen LogP contribution is 2.39. The molecule has 0 bridgehead atoms. The number of nitrogen functional groups attached to an aromatic ring is 1. The number of benzene rings is 1. The first-order valence-corrected chi connectivity index (χ1v) is 6.90. The first-order chi connectivity index (χ1) is 9.08. The van der Waals surface area contributed by atoms with Gasteiger partial charge in [-0.3, -0.25) is 0 Å². The fourth-order valence-electron chi connectivity index (χ4n) is 2.28. The van der Waals surface area contributed by atoms with Gasteiger partial charge in [-0.25, -0.2) is 4.79 Å². The van der Waals surface area contributed by atoms with E-state index in [-0.39, 0.29) is 0 Å². The van der Waals surface area contributed by atoms with Gasteiger partial charge in [0.2, 0.25) is 0 Å². The van der Waals surface area contributed by atoms with Crippen LogP contribution in [0.15, 0.2) is 12.1 Å². The van der Waals surface area contributed by atoms with Crippen molar-refractivity contribution in [1.82, 2.24) is 0 Å². The van der Waals surface area contributed by atoms with E-state index in [2.05, 4.69) is 11.8 Å². The van der Waals surface area contributed by atoms with Crippen molar-refractivity contribution in [3.05, 3.63) is 22.7 Å². The van der Waals surface area contributed by atoms with Crippen molar-refractivity contribution in [3.63, 3.8) is 0 Å². The van der Waals surface area contributed by atoms with Crippen LogP contribution < -0.4 is 10.6 Å². The number of esters is 1. The van der Waals surface area contributed by atoms with E-state index >= 15 is 0 Å². The van der Waals surface area contributed by atoms with E-state index < -0.39 is 5.97 Å². The second kappa shape index (κ2) is 5.70. The van der Waals surface area contributed by atoms with Crippen LogP contribution in [0.2, 0.25) is 5.02 Å². The molecule has 1 aliphatic rings. The van der Waals surface area contributed by atoms with Gasteiger partial charge in [0, 0.05) is 18.3 Å². The Hall–Kier alpha value is -1.42. The molecule has 0 atom stereocenters. The maximum atomic E-state index is 11.9. The fraction of sp³-hybridized carbons (Fsp3) is 0.500. The first-order valence-electron chi connectivity index (χ1n) is 6.52. The zero-order valence-electron chi connectivity index (χ0n) is 11.3. The topological polar surface area (TPSA) is 55.6 Å². The number of hydrogen-bond donors (Lipinski definition) is 1. The van der Waals surface area contributed by atoms with E-state index in [1.807, 2.05) is 0 Å². The number of ether oxygens (including phenoxy) is 1. The minimum atomic E-state index is -0.397. The number of carbonyl (C=O) groups is 1. The van der Waals surface area contributed by atoms with Crippen molar-refractivity contribution < 1.29 is 9.53 Å². The zero-order valence-corrected chi connectivity index (χ0v) is 12.0. The fourth-order valence-corrected chi connectivity index (χ4v) is 2.62. The molecular weight excluding hydrogens is 264 g/mol. The molecule has 1 fully saturated rings. The van der Waals surface area contributed by atoms with Gasteiger partial charge in [0.1, 0.15) is 0 Å². The lowest BCUT2D eigenvalue weighted by atomic mass is 10.1. The average molecular weight is 283 g/mol. The third-order valence-corrected chi connectivity index (χ3v) is 3.52. The van der Waals surface area contributed by atoms with Gasteiger partial charge in [0.25, 0.3) is 0 Å². The third-order valence-electron chi connectivity index (χ3n) is 3.23. The molecule has 1 aromatic rings. The van der Waals surface area contributed by atoms with Gasteiger partial charge >= 0.3 is 5.97 Å². The Labute approximate surface area is 118 Å². The Morgan fingerprint density at radius 3 is 2.74 bits per heavy atom. The summed E-state index contributed by atoms with van der Waals surface area (Å²) >= 11 is 6.31. The number of methoxy groups -OCH3 is 1. The van der Waals surface area contributed by atoms with Gasteiger partial charge in [-0.1, -0.05) is 18.5 Å². The van der Waals surface area contributed by atoms with Crippen LogP contribution in [0.1, 0.15) is 36.5 Å². The molecule has 0 radical (unpaired) electrons. The van der Waals surface area contributed by atoms with E-state index in [1.165, 1.54) is 7.11 Å². The Morgan fingerprint density at radius 2 is 2.21 bits per heavy atom. The summed E-state index contributed by atoms with van der Waals surface area (Å²) in [5.74, 6) is -0.397. The highest BCUT2D eigenvalue weighted by atomic mass is 35.5. The van der Waals surface area contributed by atoms with Gasteiger partial charge in [0.15, 0.2) is 0 Å². The minimum absolute atomic E-state index is 0.397. The molecule has 0 heterocycles. The molecule has 0 aromatic heterocycles. The minimum Gasteiger partial charge on any atom is -0.465 e. The maximum absolute atomic E-state index is 11.9. The molecule has 0 amide bonds. The molecule has 104 valence electrons. The van der Waals surface area contributed by atoms with Crippen molar-refractivity contribution in [1.29, 1.82) is 0 Å². The summed E-state index contributed by atoms with van der Waals surface area (Å²) in [7, 11) is 1.37. The lowest BCUT2D eigenvalue weighted by Crippen LogP contribution is -2.29. The quantitative estimate of drug-likeness (QED) is 0.666. The number of nitrogens with two attached hydrogens (primary N) is 1. The maximum Gasteiger partial charge on any atom is 0.340 e. The number of halogens is 1. The monoisotopic (exact) mass is 282 g/mol. The van der Waals surface area contributed by atoms with Crippen molar-refractivity contribution in [2.24, 2.45) is 0 Å². The first kappa shape index (κ1) is 14.0. The predicted molar refractivity (Wildman–Crippen MR) is 77.9 cm³/mol. The Morgan fingerprint density at radius 1 is 1.53 bits per heavy atom. The summed E-state index contributed by atoms with van der Waals surface area (Å²) in [5.41, 5.74) is 7.46. The van der Waals surface area contributed by atoms with Gasteiger partial charge in [0.05, 0.1) is 23.4 Å². The molecule has 2 rings (SSSR count). The van der Waals surface area contributed by atoms with Crippen molar-refractivity contribution in [2.75, 3.05) is 24.3 Å². The van der Waals surface area contributed by atoms with Gasteiger partial charge in [-0.05, 0) is 31.4 Å². The van der Waals surface area contributed by atoms with Crippen LogP contribution in [-0.4, -0.2) is 25.7 Å². The molecular formula is C14H19ClN2O2. The average Bonchev–Trinajstić information content (AvgIpc) is 3.19. The van der Waals surface area contributed by atoms with Crippen LogP contribution in [-0.2, 0) is 4.74 Å². The smallest absolute Gasteiger partial charge is 0.340 e. The molecule has 1 aromatic carbocycles. The summed E-state index contributed by atoms with van der Waals surface area (Å²) in [6, 6.07) is 3.80. The summed E-state index contributed by atoms with van der Waals surface area (Å²) in [4.78, 5) is 14.1. The number of carbonyl (C=O) groups excluding carboxylic acids is 1. The highest BCUT2D eigenvalue weighted by molar-refractivity contribution is 6.34. The normalized spacial score (nSPS) is 14.3. The van der Waals surface area contributed by atoms with Crippen molar-refractivity contribution >= 4 is 28.9 Å². The summed E-state index contributed by atoms with van der Waals surface area (Å²) < 4.78 is 4.84. The van der Waals surface area contributed by atoms with E-state index in [0.717, 1.165) is 31.5 Å². The van der Waals surface area contributed by atoms with Crippen LogP contribution in [0.3, 0.4) is 0 Å². The summed E-state index contributed by atoms with van der Waals surface area (Å²) in [6.45, 7) is 2.98. The van der Waals surface area contributed by atoms with Gasteiger partial charge in [-0.15, -0.1) is 0 Å². The molecule has 0 spiro atoms. The Kier molecular flexibility index (Phi) is 4.20. The largest absolute Gasteiger partial charge is 0.465 e. The summed E-state index contributed by atoms with van der Waals surface area (Å²) in [5, 5.41) is 0.515. The SMILES string of the molecule is CCCN(c1c(Cl)cc(N)cc1C(=O)OC)C1CC1. The van der Waals surface area contributed by atoms with E-state index in [1.54, 1.807) is 12.1 Å². The number of anilines is 2. The van der Waals surface area contributed by atoms with Crippen molar-refractivity contribution in [3.8, 4) is 0 Å². The van der Waals surface area contributed by atoms with Crippen LogP contribution in [0, 0.1) is 0 Å². The van der Waals surface area contributed by atoms with Gasteiger partial charge in [-0.2, -0.15) is 0 Å². The predicted octanol–water partition coefficient (Wildman–Crippen LogP) is 3.09. The molecule has 1 aliphatic carbocycles. The highest BCUT2D eigenvalue weighted by Gasteiger charge is 2.32. The van der Waals surface area contributed by atoms with Crippen LogP contribution in [0.5, 0.6) is 0 Å². The molecule has 0 saturated heterocycles. The van der Waals surface area contributed by atoms with Crippen LogP contribution in [0.25, 0.3) is 0 Å². The van der Waals surface area contributed by atoms with E-state index in [4.69, 9.17) is 22.1 Å². The lowest BCUT2D eigenvalue weighted by Gasteiger charge is -2.27. The molecule has 2 N–H and O–H groups in total. The second-order valence-corrected chi connectivity index (χ2v) is 5.22. The van der Waals surface area contributed by atoms with Crippen molar-refractivity contribution in [2.45, 2.75) is 32.2 Å². The molecule has 0 unspecified atom stereocenters. The zero-order chi connectivity index (χ0) is 14.0. The molecule has 0 aliphatic heterocycles. The lowest BCUT2D eigenvalue weighted by molar-refractivity contribution is 0.0601. The van der Waals surface area contributed by atoms with E-state index in [9.17, 15) is 4.79 Å². The summed E-state index contributed by atoms with van der Waals surface area (Å²) in [6.07, 6.45) is 3.28. The second-order valence-electron chi connectivity index (χ2n) is 4.82. The third kappa shape index (κ3) is 2.95. The van der Waals surface area contributed by atoms with Crippen LogP contribution in [0.4, 0.5) is 11.4 Å². The molecule has 4 nitrogen and oxygen atoms in total. The molecule has 1 saturated carbocycles. The van der Waals surface area contributed by atoms with Gasteiger partial charge < -0.3 is 15.4 Å².